The van der Waals surface area contributed by atoms with Crippen LogP contribution in [0.1, 0.15) is 0 Å². The van der Waals surface area contributed by atoms with Gasteiger partial charge in [-0.05, 0) is 27.4 Å². The van der Waals surface area contributed by atoms with Crippen LogP contribution in [0.4, 0.5) is 0 Å². The van der Waals surface area contributed by atoms with E-state index in [1.54, 1.807) is 0 Å². The van der Waals surface area contributed by atoms with Crippen LogP contribution in [0, 0.1) is 0 Å². The van der Waals surface area contributed by atoms with Crippen LogP contribution >= 0.6 is 15.9 Å². The van der Waals surface area contributed by atoms with Crippen LogP contribution in [0.5, 0.6) is 0 Å². The van der Waals surface area contributed by atoms with Crippen LogP contribution < -0.4 is 0 Å². The Kier molecular flexibility index (Phi) is 2.64. The lowest BCUT2D eigenvalue weighted by atomic mass is 10.1. The summed E-state index contributed by atoms with van der Waals surface area (Å²) in [6, 6.07) is 22.7. The highest BCUT2D eigenvalue weighted by Gasteiger charge is 2.15. The number of furan rings is 1. The van der Waals surface area contributed by atoms with Crippen molar-refractivity contribution in [1.82, 2.24) is 0 Å². The predicted octanol–water partition coefficient (Wildman–Crippen LogP) is 6.02. The first-order chi connectivity index (χ1) is 9.84. The molecule has 0 amide bonds. The maximum Gasteiger partial charge on any atom is 0.149 e. The first kappa shape index (κ1) is 11.7. The molecule has 0 bridgehead atoms. The molecule has 0 unspecified atom stereocenters. The van der Waals surface area contributed by atoms with E-state index in [2.05, 4.69) is 52.3 Å². The van der Waals surface area contributed by atoms with E-state index < -0.39 is 0 Å². The minimum absolute atomic E-state index is 0.886. The van der Waals surface area contributed by atoms with Gasteiger partial charge in [-0.1, -0.05) is 60.7 Å². The lowest BCUT2D eigenvalue weighted by Crippen LogP contribution is -1.72. The molecule has 2 heteroatoms. The molecule has 4 aromatic rings. The van der Waals surface area contributed by atoms with Gasteiger partial charge >= 0.3 is 0 Å². The number of hydrogen-bond acceptors (Lipinski definition) is 1. The Morgan fingerprint density at radius 2 is 1.45 bits per heavy atom. The predicted molar refractivity (Wildman–Crippen MR) is 86.9 cm³/mol. The summed E-state index contributed by atoms with van der Waals surface area (Å²) < 4.78 is 7.17. The molecular formula is C18H11BrO. The molecule has 1 nitrogen and oxygen atoms in total. The quantitative estimate of drug-likeness (QED) is 0.418. The van der Waals surface area contributed by atoms with E-state index in [-0.39, 0.29) is 0 Å². The molecule has 0 aliphatic carbocycles. The third-order valence-electron chi connectivity index (χ3n) is 3.56. The molecular weight excluding hydrogens is 312 g/mol. The molecule has 0 fully saturated rings. The maximum atomic E-state index is 6.15. The maximum absolute atomic E-state index is 6.15. The normalized spacial score (nSPS) is 11.2. The van der Waals surface area contributed by atoms with Gasteiger partial charge in [0.15, 0.2) is 0 Å². The summed E-state index contributed by atoms with van der Waals surface area (Å²) in [5, 5.41) is 3.45. The zero-order valence-electron chi connectivity index (χ0n) is 10.6. The van der Waals surface area contributed by atoms with Crippen molar-refractivity contribution in [3.8, 4) is 11.3 Å². The highest BCUT2D eigenvalue weighted by molar-refractivity contribution is 9.10. The van der Waals surface area contributed by atoms with Crippen LogP contribution in [0.2, 0.25) is 0 Å². The first-order valence-corrected chi connectivity index (χ1v) is 7.29. The van der Waals surface area contributed by atoms with Crippen LogP contribution in [-0.2, 0) is 0 Å². The Balaban J connectivity index is 2.10. The standard InChI is InChI=1S/C18H11BrO/c19-16-15-11-10-12-6-4-5-9-14(12)18(15)20-17(16)13-7-2-1-3-8-13/h1-11H. The van der Waals surface area contributed by atoms with Gasteiger partial charge in [0.2, 0.25) is 0 Å². The molecule has 1 aromatic heterocycles. The SMILES string of the molecule is Brc1c(-c2ccccc2)oc2c1ccc1ccccc12. The summed E-state index contributed by atoms with van der Waals surface area (Å²) in [5.41, 5.74) is 2.02. The van der Waals surface area contributed by atoms with Gasteiger partial charge in [0.25, 0.3) is 0 Å². The van der Waals surface area contributed by atoms with Crippen LogP contribution in [-0.4, -0.2) is 0 Å². The Morgan fingerprint density at radius 1 is 0.700 bits per heavy atom. The minimum Gasteiger partial charge on any atom is -0.454 e. The number of halogens is 1. The van der Waals surface area contributed by atoms with Crippen molar-refractivity contribution in [2.24, 2.45) is 0 Å². The van der Waals surface area contributed by atoms with Crippen LogP contribution in [0.15, 0.2) is 75.6 Å². The zero-order valence-corrected chi connectivity index (χ0v) is 12.2. The van der Waals surface area contributed by atoms with Gasteiger partial charge < -0.3 is 4.42 Å². The van der Waals surface area contributed by atoms with E-state index in [0.29, 0.717) is 0 Å². The average Bonchev–Trinajstić information content (AvgIpc) is 2.86. The van der Waals surface area contributed by atoms with Crippen molar-refractivity contribution in [2.45, 2.75) is 0 Å². The Bertz CT molecular complexity index is 907. The molecule has 0 aliphatic heterocycles. The smallest absolute Gasteiger partial charge is 0.149 e. The van der Waals surface area contributed by atoms with E-state index in [1.165, 1.54) is 5.39 Å². The van der Waals surface area contributed by atoms with Gasteiger partial charge in [-0.3, -0.25) is 0 Å². The van der Waals surface area contributed by atoms with Crippen molar-refractivity contribution in [3.63, 3.8) is 0 Å². The molecule has 0 atom stereocenters. The van der Waals surface area contributed by atoms with Gasteiger partial charge in [0.1, 0.15) is 11.3 Å². The minimum atomic E-state index is 0.886. The molecule has 3 aromatic carbocycles. The second kappa shape index (κ2) is 4.50. The molecule has 0 saturated heterocycles. The largest absolute Gasteiger partial charge is 0.454 e. The molecule has 1 heterocycles. The number of benzene rings is 3. The molecule has 0 radical (unpaired) electrons. The van der Waals surface area contributed by atoms with Crippen molar-refractivity contribution in [1.29, 1.82) is 0 Å². The lowest BCUT2D eigenvalue weighted by molar-refractivity contribution is 0.633. The van der Waals surface area contributed by atoms with E-state index >= 15 is 0 Å². The molecule has 4 rings (SSSR count). The fraction of sp³-hybridized carbons (Fsp3) is 0. The summed E-state index contributed by atoms with van der Waals surface area (Å²) >= 11 is 3.68. The molecule has 20 heavy (non-hydrogen) atoms. The monoisotopic (exact) mass is 322 g/mol. The van der Waals surface area contributed by atoms with Gasteiger partial charge in [0, 0.05) is 16.3 Å². The van der Waals surface area contributed by atoms with Crippen molar-refractivity contribution in [3.05, 3.63) is 71.2 Å². The van der Waals surface area contributed by atoms with E-state index in [4.69, 9.17) is 4.42 Å². The average molecular weight is 323 g/mol. The zero-order chi connectivity index (χ0) is 13.5. The first-order valence-electron chi connectivity index (χ1n) is 6.50. The Labute approximate surface area is 125 Å². The second-order valence-electron chi connectivity index (χ2n) is 4.77. The molecule has 96 valence electrons. The van der Waals surface area contributed by atoms with Crippen molar-refractivity contribution < 1.29 is 4.42 Å². The fourth-order valence-electron chi connectivity index (χ4n) is 2.57. The van der Waals surface area contributed by atoms with E-state index in [1.807, 2.05) is 30.3 Å². The summed E-state index contributed by atoms with van der Waals surface area (Å²) in [4.78, 5) is 0. The van der Waals surface area contributed by atoms with Gasteiger partial charge in [-0.15, -0.1) is 0 Å². The molecule has 0 spiro atoms. The van der Waals surface area contributed by atoms with Crippen LogP contribution in [0.25, 0.3) is 33.1 Å². The summed E-state index contributed by atoms with van der Waals surface area (Å²) in [6.07, 6.45) is 0. The summed E-state index contributed by atoms with van der Waals surface area (Å²) in [5.74, 6) is 0.886. The van der Waals surface area contributed by atoms with Gasteiger partial charge in [-0.25, -0.2) is 0 Å². The summed E-state index contributed by atoms with van der Waals surface area (Å²) in [7, 11) is 0. The third-order valence-corrected chi connectivity index (χ3v) is 4.34. The number of fused-ring (bicyclic) bond motifs is 3. The number of rotatable bonds is 1. The third kappa shape index (κ3) is 1.69. The topological polar surface area (TPSA) is 13.1 Å². The number of hydrogen-bond donors (Lipinski definition) is 0. The van der Waals surface area contributed by atoms with Gasteiger partial charge in [-0.2, -0.15) is 0 Å². The molecule has 0 saturated carbocycles. The van der Waals surface area contributed by atoms with Gasteiger partial charge in [0.05, 0.1) is 4.47 Å². The Morgan fingerprint density at radius 3 is 2.30 bits per heavy atom. The van der Waals surface area contributed by atoms with Crippen LogP contribution in [0.3, 0.4) is 0 Å². The Hall–Kier alpha value is -2.06. The van der Waals surface area contributed by atoms with E-state index in [9.17, 15) is 0 Å². The highest BCUT2D eigenvalue weighted by atomic mass is 79.9. The molecule has 0 N–H and O–H groups in total. The van der Waals surface area contributed by atoms with E-state index in [0.717, 1.165) is 32.2 Å². The fourth-order valence-corrected chi connectivity index (χ4v) is 3.19. The lowest BCUT2D eigenvalue weighted by Gasteiger charge is -1.97. The second-order valence-corrected chi connectivity index (χ2v) is 5.57. The summed E-state index contributed by atoms with van der Waals surface area (Å²) in [6.45, 7) is 0. The highest BCUT2D eigenvalue weighted by Crippen LogP contribution is 2.40. The molecule has 0 aliphatic rings. The van der Waals surface area contributed by atoms with Crippen molar-refractivity contribution in [2.75, 3.05) is 0 Å². The van der Waals surface area contributed by atoms with Crippen molar-refractivity contribution >= 4 is 37.7 Å².